The van der Waals surface area contributed by atoms with E-state index in [1.807, 2.05) is 0 Å². The van der Waals surface area contributed by atoms with Crippen LogP contribution in [0, 0.1) is 16.7 Å². The van der Waals surface area contributed by atoms with Gasteiger partial charge in [0.05, 0.1) is 26.7 Å². The van der Waals surface area contributed by atoms with E-state index in [0.717, 1.165) is 16.5 Å². The molecule has 0 aromatic rings. The van der Waals surface area contributed by atoms with Crippen molar-refractivity contribution in [2.45, 2.75) is 33.6 Å². The third-order valence-electron chi connectivity index (χ3n) is 4.89. The van der Waals surface area contributed by atoms with E-state index < -0.39 is 0 Å². The van der Waals surface area contributed by atoms with Gasteiger partial charge in [0.2, 0.25) is 0 Å². The maximum atomic E-state index is 12.5. The topological polar surface area (TPSA) is 17.1 Å². The van der Waals surface area contributed by atoms with Crippen LogP contribution in [0.1, 0.15) is 33.6 Å². The summed E-state index contributed by atoms with van der Waals surface area (Å²) < 4.78 is 0.740. The van der Waals surface area contributed by atoms with Gasteiger partial charge in [-0.1, -0.05) is 20.8 Å². The molecule has 2 aliphatic rings. The van der Waals surface area contributed by atoms with Crippen molar-refractivity contribution in [3.8, 4) is 0 Å². The van der Waals surface area contributed by atoms with Crippen molar-refractivity contribution in [2.75, 3.05) is 21.1 Å². The summed E-state index contributed by atoms with van der Waals surface area (Å²) in [6.45, 7) is 6.68. The zero-order valence-electron chi connectivity index (χ0n) is 11.4. The van der Waals surface area contributed by atoms with Gasteiger partial charge in [0.25, 0.3) is 0 Å². The highest BCUT2D eigenvalue weighted by Crippen LogP contribution is 2.65. The molecule has 2 rings (SSSR count). The first-order chi connectivity index (χ1) is 7.09. The molecule has 0 heterocycles. The molecular formula is C14H24NO+. The molecule has 0 saturated heterocycles. The third kappa shape index (κ3) is 1.32. The Bertz CT molecular complexity index is 373. The van der Waals surface area contributed by atoms with E-state index in [0.29, 0.717) is 11.7 Å². The highest BCUT2D eigenvalue weighted by molar-refractivity contribution is 6.04. The monoisotopic (exact) mass is 222 g/mol. The number of rotatable bonds is 1. The fourth-order valence-corrected chi connectivity index (χ4v) is 3.49. The molecule has 2 nitrogen and oxygen atoms in total. The van der Waals surface area contributed by atoms with Gasteiger partial charge in [-0.15, -0.1) is 0 Å². The van der Waals surface area contributed by atoms with E-state index in [-0.39, 0.29) is 10.8 Å². The molecule has 2 saturated carbocycles. The van der Waals surface area contributed by atoms with Gasteiger partial charge in [-0.05, 0) is 24.2 Å². The normalized spacial score (nSPS) is 39.8. The molecule has 0 aromatic carbocycles. The summed E-state index contributed by atoms with van der Waals surface area (Å²) >= 11 is 0. The lowest BCUT2D eigenvalue weighted by Crippen LogP contribution is -2.33. The predicted octanol–water partition coefficient (Wildman–Crippen LogP) is 2.60. The number of Topliss-reactive ketones (excluding diaryl/α,β-unsaturated/α-hetero) is 1. The van der Waals surface area contributed by atoms with Crippen molar-refractivity contribution in [1.29, 1.82) is 0 Å². The van der Waals surface area contributed by atoms with Crippen LogP contribution in [0.5, 0.6) is 0 Å². The van der Waals surface area contributed by atoms with Crippen LogP contribution in [-0.4, -0.2) is 31.4 Å². The second kappa shape index (κ2) is 2.98. The summed E-state index contributed by atoms with van der Waals surface area (Å²) in [4.78, 5) is 12.5. The minimum absolute atomic E-state index is 0.112. The highest BCUT2D eigenvalue weighted by Gasteiger charge is 2.64. The molecule has 90 valence electrons. The standard InChI is InChI=1S/C14H24NO/c1-13(2)11-7-8-14(13,3)12(16)10(11)9-15(4,5)6/h9,11H,7-8H2,1-6H3/q+1. The Balaban J connectivity index is 2.49. The number of quaternary nitrogens is 1. The first kappa shape index (κ1) is 11.8. The molecule has 0 spiro atoms. The molecule has 0 aliphatic heterocycles. The van der Waals surface area contributed by atoms with E-state index in [2.05, 4.69) is 48.1 Å². The fraction of sp³-hybridized carbons (Fsp3) is 0.786. The Hall–Kier alpha value is -0.630. The Morgan fingerprint density at radius 2 is 1.81 bits per heavy atom. The maximum Gasteiger partial charge on any atom is 0.170 e. The Morgan fingerprint density at radius 1 is 1.25 bits per heavy atom. The molecule has 0 aromatic heterocycles. The maximum absolute atomic E-state index is 12.5. The van der Waals surface area contributed by atoms with Crippen LogP contribution < -0.4 is 0 Å². The number of fused-ring (bicyclic) bond motifs is 2. The molecule has 2 unspecified atom stereocenters. The minimum atomic E-state index is -0.112. The molecular weight excluding hydrogens is 198 g/mol. The summed E-state index contributed by atoms with van der Waals surface area (Å²) in [5, 5.41) is 0. The van der Waals surface area contributed by atoms with Gasteiger partial charge >= 0.3 is 0 Å². The Morgan fingerprint density at radius 3 is 2.19 bits per heavy atom. The molecule has 2 bridgehead atoms. The smallest absolute Gasteiger partial charge is 0.170 e. The molecule has 0 N–H and O–H groups in total. The summed E-state index contributed by atoms with van der Waals surface area (Å²) in [6, 6.07) is 0. The summed E-state index contributed by atoms with van der Waals surface area (Å²) in [5.74, 6) is 0.879. The molecule has 2 fully saturated rings. The van der Waals surface area contributed by atoms with Gasteiger partial charge in [-0.25, -0.2) is 0 Å². The summed E-state index contributed by atoms with van der Waals surface area (Å²) in [6.07, 6.45) is 4.40. The van der Waals surface area contributed by atoms with Crippen LogP contribution in [0.2, 0.25) is 0 Å². The summed E-state index contributed by atoms with van der Waals surface area (Å²) in [7, 11) is 6.34. The average Bonchev–Trinajstić information content (AvgIpc) is 2.38. The third-order valence-corrected chi connectivity index (χ3v) is 4.89. The number of carbonyl (C=O) groups is 1. The largest absolute Gasteiger partial charge is 0.304 e. The van der Waals surface area contributed by atoms with Gasteiger partial charge in [-0.2, -0.15) is 0 Å². The van der Waals surface area contributed by atoms with Gasteiger partial charge < -0.3 is 4.48 Å². The predicted molar refractivity (Wildman–Crippen MR) is 65.7 cm³/mol. The van der Waals surface area contributed by atoms with E-state index in [1.165, 1.54) is 6.42 Å². The van der Waals surface area contributed by atoms with Crippen molar-refractivity contribution in [3.63, 3.8) is 0 Å². The molecule has 16 heavy (non-hydrogen) atoms. The zero-order chi connectivity index (χ0) is 12.4. The van der Waals surface area contributed by atoms with E-state index in [1.54, 1.807) is 0 Å². The number of hydrogen-bond acceptors (Lipinski definition) is 1. The van der Waals surface area contributed by atoms with Gasteiger partial charge in [0.1, 0.15) is 6.20 Å². The zero-order valence-corrected chi connectivity index (χ0v) is 11.4. The lowest BCUT2D eigenvalue weighted by molar-refractivity contribution is -0.817. The number of allylic oxidation sites excluding steroid dienone is 1. The summed E-state index contributed by atoms with van der Waals surface area (Å²) in [5.41, 5.74) is 1.12. The van der Waals surface area contributed by atoms with Crippen LogP contribution in [0.3, 0.4) is 0 Å². The minimum Gasteiger partial charge on any atom is -0.304 e. The number of hydrogen-bond donors (Lipinski definition) is 0. The lowest BCUT2D eigenvalue weighted by Gasteiger charge is -2.31. The van der Waals surface area contributed by atoms with Crippen LogP contribution in [0.25, 0.3) is 0 Å². The first-order valence-electron chi connectivity index (χ1n) is 6.18. The van der Waals surface area contributed by atoms with Crippen molar-refractivity contribution in [2.24, 2.45) is 16.7 Å². The molecule has 0 amide bonds. The van der Waals surface area contributed by atoms with Crippen LogP contribution in [0.4, 0.5) is 0 Å². The van der Waals surface area contributed by atoms with Crippen LogP contribution >= 0.6 is 0 Å². The van der Waals surface area contributed by atoms with Crippen LogP contribution in [-0.2, 0) is 4.79 Å². The van der Waals surface area contributed by atoms with Gasteiger partial charge in [0, 0.05) is 5.41 Å². The molecule has 2 heteroatoms. The Labute approximate surface area is 98.9 Å². The number of carbonyl (C=O) groups excluding carboxylic acids is 1. The SMILES string of the molecule is CC12CCC(C(=C[N+](C)(C)C)C1=O)C2(C)C. The number of ketones is 1. The second-order valence-electron chi connectivity index (χ2n) is 7.17. The van der Waals surface area contributed by atoms with Crippen LogP contribution in [0.15, 0.2) is 11.8 Å². The van der Waals surface area contributed by atoms with Crippen molar-refractivity contribution in [3.05, 3.63) is 11.8 Å². The van der Waals surface area contributed by atoms with E-state index >= 15 is 0 Å². The average molecular weight is 222 g/mol. The fourth-order valence-electron chi connectivity index (χ4n) is 3.49. The van der Waals surface area contributed by atoms with E-state index in [4.69, 9.17) is 0 Å². The Kier molecular flexibility index (Phi) is 2.20. The molecule has 0 radical (unpaired) electrons. The second-order valence-corrected chi connectivity index (χ2v) is 7.17. The van der Waals surface area contributed by atoms with Gasteiger partial charge in [-0.3, -0.25) is 4.79 Å². The van der Waals surface area contributed by atoms with E-state index in [9.17, 15) is 4.79 Å². The first-order valence-corrected chi connectivity index (χ1v) is 6.18. The molecule has 2 atom stereocenters. The van der Waals surface area contributed by atoms with Gasteiger partial charge in [0.15, 0.2) is 5.78 Å². The highest BCUT2D eigenvalue weighted by atomic mass is 16.1. The van der Waals surface area contributed by atoms with Crippen molar-refractivity contribution < 1.29 is 9.28 Å². The van der Waals surface area contributed by atoms with Crippen molar-refractivity contribution in [1.82, 2.24) is 0 Å². The molecule has 2 aliphatic carbocycles. The quantitative estimate of drug-likeness (QED) is 0.492. The van der Waals surface area contributed by atoms with Crippen molar-refractivity contribution >= 4 is 5.78 Å². The lowest BCUT2D eigenvalue weighted by atomic mass is 9.70. The number of nitrogens with zero attached hydrogens (tertiary/aromatic N) is 1.